The first-order chi connectivity index (χ1) is 11.1. The molecule has 0 atom stereocenters. The molecule has 5 heteroatoms. The molecule has 3 rings (SSSR count). The van der Waals surface area contributed by atoms with Gasteiger partial charge in [0.15, 0.2) is 0 Å². The van der Waals surface area contributed by atoms with Crippen LogP contribution in [0.15, 0.2) is 54.6 Å². The van der Waals surface area contributed by atoms with Crippen LogP contribution in [0.5, 0.6) is 0 Å². The van der Waals surface area contributed by atoms with Gasteiger partial charge in [0.25, 0.3) is 0 Å². The molecule has 0 aliphatic carbocycles. The highest BCUT2D eigenvalue weighted by Crippen LogP contribution is 2.30. The zero-order chi connectivity index (χ0) is 16.4. The quantitative estimate of drug-likeness (QED) is 0.772. The molecule has 0 fully saturated rings. The largest absolute Gasteiger partial charge is 0.481 e. The van der Waals surface area contributed by atoms with Crippen molar-refractivity contribution in [1.82, 2.24) is 4.98 Å². The fourth-order valence-corrected chi connectivity index (χ4v) is 2.65. The van der Waals surface area contributed by atoms with Gasteiger partial charge < -0.3 is 10.2 Å². The van der Waals surface area contributed by atoms with Crippen LogP contribution >= 0.6 is 0 Å². The number of nitrogens with zero attached hydrogens (tertiary/aromatic N) is 1. The van der Waals surface area contributed by atoms with Crippen LogP contribution < -0.4 is 0 Å². The number of carboxylic acid groups (broad SMARTS) is 2. The van der Waals surface area contributed by atoms with E-state index in [2.05, 4.69) is 4.98 Å². The number of carboxylic acids is 2. The summed E-state index contributed by atoms with van der Waals surface area (Å²) in [5, 5.41) is 19.3. The Morgan fingerprint density at radius 1 is 0.913 bits per heavy atom. The molecular formula is C18H13NO4. The van der Waals surface area contributed by atoms with Gasteiger partial charge in [-0.25, -0.2) is 9.78 Å². The smallest absolute Gasteiger partial charge is 0.336 e. The predicted octanol–water partition coefficient (Wildman–Crippen LogP) is 3.23. The van der Waals surface area contributed by atoms with E-state index in [1.807, 2.05) is 6.07 Å². The molecule has 3 aromatic rings. The fourth-order valence-electron chi connectivity index (χ4n) is 2.65. The second-order valence-corrected chi connectivity index (χ2v) is 5.07. The number of aromatic carboxylic acids is 1. The number of rotatable bonds is 4. The van der Waals surface area contributed by atoms with Gasteiger partial charge in [-0.05, 0) is 6.07 Å². The lowest BCUT2D eigenvalue weighted by Crippen LogP contribution is -2.12. The molecule has 114 valence electrons. The summed E-state index contributed by atoms with van der Waals surface area (Å²) in [4.78, 5) is 27.5. The van der Waals surface area contributed by atoms with Crippen molar-refractivity contribution in [2.24, 2.45) is 0 Å². The van der Waals surface area contributed by atoms with Gasteiger partial charge in [0.1, 0.15) is 0 Å². The van der Waals surface area contributed by atoms with Crippen LogP contribution in [0.3, 0.4) is 0 Å². The molecule has 0 aliphatic heterocycles. The van der Waals surface area contributed by atoms with Crippen LogP contribution in [-0.4, -0.2) is 27.1 Å². The summed E-state index contributed by atoms with van der Waals surface area (Å²) >= 11 is 0. The van der Waals surface area contributed by atoms with E-state index in [-0.39, 0.29) is 11.1 Å². The van der Waals surface area contributed by atoms with Crippen molar-refractivity contribution in [2.75, 3.05) is 0 Å². The number of hydrogen-bond donors (Lipinski definition) is 2. The summed E-state index contributed by atoms with van der Waals surface area (Å²) in [5.74, 6) is -2.25. The summed E-state index contributed by atoms with van der Waals surface area (Å²) in [6.07, 6.45) is -0.399. The zero-order valence-electron chi connectivity index (χ0n) is 12.1. The van der Waals surface area contributed by atoms with Crippen LogP contribution in [0.25, 0.3) is 22.2 Å². The van der Waals surface area contributed by atoms with Crippen molar-refractivity contribution in [3.8, 4) is 11.3 Å². The average Bonchev–Trinajstić information content (AvgIpc) is 2.54. The first kappa shape index (κ1) is 14.7. The van der Waals surface area contributed by atoms with Gasteiger partial charge in [-0.2, -0.15) is 0 Å². The van der Waals surface area contributed by atoms with Gasteiger partial charge in [-0.15, -0.1) is 0 Å². The number of hydrogen-bond acceptors (Lipinski definition) is 3. The lowest BCUT2D eigenvalue weighted by molar-refractivity contribution is -0.136. The zero-order valence-corrected chi connectivity index (χ0v) is 12.1. The lowest BCUT2D eigenvalue weighted by atomic mass is 9.94. The number of benzene rings is 2. The van der Waals surface area contributed by atoms with E-state index in [1.165, 1.54) is 0 Å². The van der Waals surface area contributed by atoms with Crippen molar-refractivity contribution in [2.45, 2.75) is 6.42 Å². The van der Waals surface area contributed by atoms with E-state index in [0.29, 0.717) is 22.2 Å². The summed E-state index contributed by atoms with van der Waals surface area (Å²) < 4.78 is 0. The fraction of sp³-hybridized carbons (Fsp3) is 0.0556. The Balaban J connectivity index is 2.42. The third-order valence-corrected chi connectivity index (χ3v) is 3.58. The number of aliphatic carboxylic acids is 1. The number of aromatic nitrogens is 1. The standard InChI is InChI=1S/C18H13NO4/c20-15(21)10-13-16(18(22)23)12-8-4-5-9-14(12)19-17(13)11-6-2-1-3-7-11/h1-9H,10H2,(H,20,21)(H,22,23). The summed E-state index contributed by atoms with van der Waals surface area (Å²) in [7, 11) is 0. The van der Waals surface area contributed by atoms with Gasteiger partial charge in [0.2, 0.25) is 0 Å². The van der Waals surface area contributed by atoms with E-state index < -0.39 is 18.4 Å². The van der Waals surface area contributed by atoms with E-state index >= 15 is 0 Å². The molecule has 23 heavy (non-hydrogen) atoms. The Bertz CT molecular complexity index is 904. The molecule has 0 radical (unpaired) electrons. The number of carbonyl (C=O) groups is 2. The van der Waals surface area contributed by atoms with Crippen LogP contribution in [0.2, 0.25) is 0 Å². The van der Waals surface area contributed by atoms with Gasteiger partial charge >= 0.3 is 11.9 Å². The predicted molar refractivity (Wildman–Crippen MR) is 85.5 cm³/mol. The second-order valence-electron chi connectivity index (χ2n) is 5.07. The highest BCUT2D eigenvalue weighted by Gasteiger charge is 2.22. The van der Waals surface area contributed by atoms with E-state index in [9.17, 15) is 19.8 Å². The van der Waals surface area contributed by atoms with Gasteiger partial charge in [0.05, 0.1) is 23.2 Å². The molecule has 5 nitrogen and oxygen atoms in total. The van der Waals surface area contributed by atoms with Gasteiger partial charge in [-0.1, -0.05) is 48.5 Å². The van der Waals surface area contributed by atoms with E-state index in [1.54, 1.807) is 48.5 Å². The Morgan fingerprint density at radius 3 is 2.22 bits per heavy atom. The maximum atomic E-state index is 11.8. The monoisotopic (exact) mass is 307 g/mol. The minimum atomic E-state index is -1.16. The molecule has 2 aromatic carbocycles. The number of para-hydroxylation sites is 1. The van der Waals surface area contributed by atoms with Crippen LogP contribution in [0.1, 0.15) is 15.9 Å². The molecule has 0 saturated carbocycles. The number of fused-ring (bicyclic) bond motifs is 1. The summed E-state index contributed by atoms with van der Waals surface area (Å²) in [5.41, 5.74) is 1.82. The lowest BCUT2D eigenvalue weighted by Gasteiger charge is -2.13. The second kappa shape index (κ2) is 5.88. The minimum absolute atomic E-state index is 0.00291. The Kier molecular flexibility index (Phi) is 3.76. The van der Waals surface area contributed by atoms with Crippen LogP contribution in [-0.2, 0) is 11.2 Å². The Morgan fingerprint density at radius 2 is 1.57 bits per heavy atom. The SMILES string of the molecule is O=C(O)Cc1c(-c2ccccc2)nc2ccccc2c1C(=O)O. The van der Waals surface area contributed by atoms with Gasteiger partial charge in [0, 0.05) is 16.5 Å². The van der Waals surface area contributed by atoms with Crippen molar-refractivity contribution in [3.05, 3.63) is 65.7 Å². The summed E-state index contributed by atoms with van der Waals surface area (Å²) in [6, 6.07) is 15.9. The van der Waals surface area contributed by atoms with Gasteiger partial charge in [-0.3, -0.25) is 4.79 Å². The molecule has 0 bridgehead atoms. The highest BCUT2D eigenvalue weighted by atomic mass is 16.4. The Labute approximate surface area is 131 Å². The molecule has 2 N–H and O–H groups in total. The minimum Gasteiger partial charge on any atom is -0.481 e. The molecule has 0 aliphatic rings. The first-order valence-corrected chi connectivity index (χ1v) is 7.00. The molecule has 0 unspecified atom stereocenters. The maximum absolute atomic E-state index is 11.8. The third-order valence-electron chi connectivity index (χ3n) is 3.58. The van der Waals surface area contributed by atoms with Crippen molar-refractivity contribution >= 4 is 22.8 Å². The van der Waals surface area contributed by atoms with Crippen molar-refractivity contribution in [1.29, 1.82) is 0 Å². The maximum Gasteiger partial charge on any atom is 0.336 e. The molecule has 1 aromatic heterocycles. The third kappa shape index (κ3) is 2.76. The van der Waals surface area contributed by atoms with Crippen LogP contribution in [0, 0.1) is 0 Å². The van der Waals surface area contributed by atoms with E-state index in [4.69, 9.17) is 0 Å². The number of pyridine rings is 1. The normalized spacial score (nSPS) is 10.6. The summed E-state index contributed by atoms with van der Waals surface area (Å²) in [6.45, 7) is 0. The van der Waals surface area contributed by atoms with Crippen LogP contribution in [0.4, 0.5) is 0 Å². The van der Waals surface area contributed by atoms with E-state index in [0.717, 1.165) is 0 Å². The molecule has 0 amide bonds. The van der Waals surface area contributed by atoms with Crippen molar-refractivity contribution in [3.63, 3.8) is 0 Å². The molecule has 1 heterocycles. The highest BCUT2D eigenvalue weighted by molar-refractivity contribution is 6.06. The molecule has 0 spiro atoms. The average molecular weight is 307 g/mol. The van der Waals surface area contributed by atoms with Crippen molar-refractivity contribution < 1.29 is 19.8 Å². The molecular weight excluding hydrogens is 294 g/mol. The first-order valence-electron chi connectivity index (χ1n) is 7.00. The Hall–Kier alpha value is -3.21. The topological polar surface area (TPSA) is 87.5 Å². The molecule has 0 saturated heterocycles.